The van der Waals surface area contributed by atoms with Crippen molar-refractivity contribution >= 4 is 43.6 Å². The molecule has 0 spiro atoms. The fourth-order valence-corrected chi connectivity index (χ4v) is 11.1. The van der Waals surface area contributed by atoms with Crippen molar-refractivity contribution in [1.29, 1.82) is 0 Å². The van der Waals surface area contributed by atoms with Gasteiger partial charge in [0.25, 0.3) is 0 Å². The molecule has 4 aromatic heterocycles. The Morgan fingerprint density at radius 2 is 0.785 bits per heavy atom. The van der Waals surface area contributed by atoms with Crippen LogP contribution in [0.25, 0.3) is 122 Å². The molecule has 4 nitrogen and oxygen atoms in total. The van der Waals surface area contributed by atoms with Crippen LogP contribution < -0.4 is 0 Å². The number of benzene rings is 10. The summed E-state index contributed by atoms with van der Waals surface area (Å²) in [7, 11) is 0. The van der Waals surface area contributed by atoms with Crippen molar-refractivity contribution in [1.82, 2.24) is 19.1 Å². The molecule has 79 heavy (non-hydrogen) atoms. The summed E-state index contributed by atoms with van der Waals surface area (Å²) in [6.45, 7) is 2.21. The number of pyridine rings is 2. The molecule has 0 fully saturated rings. The molecule has 0 atom stereocenters. The van der Waals surface area contributed by atoms with Crippen LogP contribution in [-0.4, -0.2) is 19.1 Å². The Bertz CT molecular complexity index is 4100. The summed E-state index contributed by atoms with van der Waals surface area (Å²) >= 11 is 0. The maximum atomic E-state index is 5.41. The Kier molecular flexibility index (Phi) is 14.6. The Hall–Kier alpha value is -9.25. The number of unbranched alkanes of at least 4 members (excludes halogenated alkanes) is 1. The van der Waals surface area contributed by atoms with Gasteiger partial charge in [0.1, 0.15) is 0 Å². The first kappa shape index (κ1) is 50.6. The van der Waals surface area contributed by atoms with E-state index in [4.69, 9.17) is 4.98 Å². The molecular formula is C74H55IrN4-. The monoisotopic (exact) mass is 1190 g/mol. The number of aryl methyl sites for hydroxylation is 1. The predicted octanol–water partition coefficient (Wildman–Crippen LogP) is 19.5. The van der Waals surface area contributed by atoms with Gasteiger partial charge in [-0.3, -0.25) is 0 Å². The molecule has 5 heteroatoms. The number of hydrogen-bond acceptors (Lipinski definition) is 2. The normalized spacial score (nSPS) is 11.2. The summed E-state index contributed by atoms with van der Waals surface area (Å²) in [5.74, 6) is 0. The van der Waals surface area contributed by atoms with E-state index in [1.54, 1.807) is 0 Å². The van der Waals surface area contributed by atoms with Gasteiger partial charge in [0.05, 0.1) is 33.5 Å². The molecule has 0 saturated carbocycles. The summed E-state index contributed by atoms with van der Waals surface area (Å²) in [6, 6.07) is 101. The quantitative estimate of drug-likeness (QED) is 0.121. The van der Waals surface area contributed by atoms with Crippen molar-refractivity contribution in [2.75, 3.05) is 0 Å². The van der Waals surface area contributed by atoms with E-state index in [0.29, 0.717) is 0 Å². The number of hydrogen-bond donors (Lipinski definition) is 0. The van der Waals surface area contributed by atoms with Crippen LogP contribution in [0.1, 0.15) is 25.3 Å². The first-order chi connectivity index (χ1) is 38.6. The van der Waals surface area contributed by atoms with E-state index in [1.165, 1.54) is 62.0 Å². The van der Waals surface area contributed by atoms with E-state index in [2.05, 4.69) is 282 Å². The third kappa shape index (κ3) is 10.3. The fourth-order valence-electron chi connectivity index (χ4n) is 11.1. The minimum absolute atomic E-state index is 0. The zero-order chi connectivity index (χ0) is 52.2. The molecule has 14 rings (SSSR count). The van der Waals surface area contributed by atoms with E-state index in [1.807, 2.05) is 24.4 Å². The molecule has 14 aromatic rings. The van der Waals surface area contributed by atoms with Crippen molar-refractivity contribution in [3.63, 3.8) is 0 Å². The SMILES string of the molecule is CCCCc1c[c-]c(-c2ccccn2)cc1.[Ir].c1ccc(-c2cc(-c3cccc(-c4cccc(-n5c6ccccc6c6ccccc65)c4)c3)nc(-c3cccc(-c4cccc(-n5c6ccccc6c6ccccc65)c4)c3)c2)cc1. The summed E-state index contributed by atoms with van der Waals surface area (Å²) in [4.78, 5) is 9.72. The fraction of sp³-hybridized carbons (Fsp3) is 0.0541. The van der Waals surface area contributed by atoms with Gasteiger partial charge in [-0.1, -0.05) is 202 Å². The molecular weight excluding hydrogens is 1140 g/mol. The molecule has 0 aliphatic carbocycles. The van der Waals surface area contributed by atoms with Crippen LogP contribution in [-0.2, 0) is 26.5 Å². The molecule has 0 N–H and O–H groups in total. The zero-order valence-corrected chi connectivity index (χ0v) is 46.2. The molecule has 0 aliphatic rings. The van der Waals surface area contributed by atoms with Crippen LogP contribution in [0.2, 0.25) is 0 Å². The molecule has 0 saturated heterocycles. The zero-order valence-electron chi connectivity index (χ0n) is 43.8. The van der Waals surface area contributed by atoms with Crippen molar-refractivity contribution in [2.24, 2.45) is 0 Å². The Balaban J connectivity index is 0.000000316. The van der Waals surface area contributed by atoms with Crippen LogP contribution in [0.3, 0.4) is 0 Å². The van der Waals surface area contributed by atoms with E-state index in [0.717, 1.165) is 84.9 Å². The number of rotatable bonds is 11. The maximum absolute atomic E-state index is 5.41. The minimum Gasteiger partial charge on any atom is -0.309 e. The van der Waals surface area contributed by atoms with Crippen molar-refractivity contribution < 1.29 is 20.1 Å². The van der Waals surface area contributed by atoms with Gasteiger partial charge >= 0.3 is 0 Å². The van der Waals surface area contributed by atoms with Gasteiger partial charge < -0.3 is 14.1 Å². The van der Waals surface area contributed by atoms with Gasteiger partial charge in [0.15, 0.2) is 0 Å². The van der Waals surface area contributed by atoms with Crippen LogP contribution in [0.15, 0.2) is 279 Å². The standard InChI is InChI=1S/C59H39N3.C15H16N.Ir/c1-2-16-40(17-3-1)47-38-54(45-22-12-18-41(34-45)43-20-14-24-48(36-43)61-56-30-8-4-26-50(56)51-27-5-9-31-57(51)61)60-55(39-47)46-23-13-19-42(35-46)44-21-15-25-49(37-44)62-58-32-10-6-28-52(58)53-29-7-11-33-59(53)62;1-2-3-6-13-8-10-14(11-9-13)15-7-4-5-12-16-15;/h1-39H;4-5,7-10,12H,2-3,6H2,1H3;/q;-1;. The van der Waals surface area contributed by atoms with E-state index in [9.17, 15) is 0 Å². The number of aromatic nitrogens is 4. The topological polar surface area (TPSA) is 35.6 Å². The van der Waals surface area contributed by atoms with Crippen LogP contribution in [0.5, 0.6) is 0 Å². The summed E-state index contributed by atoms with van der Waals surface area (Å²) < 4.78 is 4.76. The average Bonchev–Trinajstić information content (AvgIpc) is 4.25. The largest absolute Gasteiger partial charge is 0.309 e. The first-order valence-corrected chi connectivity index (χ1v) is 27.0. The maximum Gasteiger partial charge on any atom is 0.0715 e. The molecule has 0 unspecified atom stereocenters. The Labute approximate surface area is 475 Å². The van der Waals surface area contributed by atoms with Crippen molar-refractivity contribution in [2.45, 2.75) is 26.2 Å². The Morgan fingerprint density at radius 1 is 0.354 bits per heavy atom. The first-order valence-electron chi connectivity index (χ1n) is 27.0. The second-order valence-corrected chi connectivity index (χ2v) is 19.9. The second-order valence-electron chi connectivity index (χ2n) is 19.9. The van der Waals surface area contributed by atoms with Gasteiger partial charge in [-0.15, -0.1) is 35.4 Å². The molecule has 381 valence electrons. The van der Waals surface area contributed by atoms with E-state index >= 15 is 0 Å². The second kappa shape index (κ2) is 22.8. The van der Waals surface area contributed by atoms with Crippen molar-refractivity contribution in [3.8, 4) is 78.5 Å². The number of para-hydroxylation sites is 4. The summed E-state index contributed by atoms with van der Waals surface area (Å²) in [6.07, 6.45) is 5.45. The van der Waals surface area contributed by atoms with Gasteiger partial charge in [-0.2, -0.15) is 0 Å². The van der Waals surface area contributed by atoms with Crippen LogP contribution in [0.4, 0.5) is 0 Å². The van der Waals surface area contributed by atoms with Gasteiger partial charge in [0.2, 0.25) is 0 Å². The molecule has 0 amide bonds. The smallest absolute Gasteiger partial charge is 0.0715 e. The van der Waals surface area contributed by atoms with Gasteiger partial charge in [0, 0.05) is 70.3 Å². The number of fused-ring (bicyclic) bond motifs is 6. The summed E-state index contributed by atoms with van der Waals surface area (Å²) in [5.41, 5.74) is 21.4. The van der Waals surface area contributed by atoms with Gasteiger partial charge in [-0.05, 0) is 118 Å². The molecule has 4 heterocycles. The molecule has 0 aliphatic heterocycles. The van der Waals surface area contributed by atoms with Crippen molar-refractivity contribution in [3.05, 3.63) is 291 Å². The molecule has 0 bridgehead atoms. The van der Waals surface area contributed by atoms with Crippen LogP contribution >= 0.6 is 0 Å². The number of nitrogens with zero attached hydrogens (tertiary/aromatic N) is 4. The van der Waals surface area contributed by atoms with E-state index < -0.39 is 0 Å². The third-order valence-electron chi connectivity index (χ3n) is 14.9. The van der Waals surface area contributed by atoms with Gasteiger partial charge in [-0.25, -0.2) is 4.98 Å². The molecule has 10 aromatic carbocycles. The Morgan fingerprint density at radius 3 is 1.24 bits per heavy atom. The average molecular weight is 1190 g/mol. The van der Waals surface area contributed by atoms with E-state index in [-0.39, 0.29) is 20.1 Å². The van der Waals surface area contributed by atoms with Crippen LogP contribution in [0, 0.1) is 6.07 Å². The summed E-state index contributed by atoms with van der Waals surface area (Å²) in [5, 5.41) is 5.03. The molecule has 1 radical (unpaired) electrons. The third-order valence-corrected chi connectivity index (χ3v) is 14.9. The predicted molar refractivity (Wildman–Crippen MR) is 327 cm³/mol. The minimum atomic E-state index is 0.